The lowest BCUT2D eigenvalue weighted by atomic mass is 10.0. The lowest BCUT2D eigenvalue weighted by molar-refractivity contribution is -0.138. The molecule has 3 atom stereocenters. The Morgan fingerprint density at radius 3 is 2.27 bits per heavy atom. The summed E-state index contributed by atoms with van der Waals surface area (Å²) in [4.78, 5) is 47.6. The van der Waals surface area contributed by atoms with E-state index in [2.05, 4.69) is 16.0 Å². The van der Waals surface area contributed by atoms with Crippen LogP contribution in [0.1, 0.15) is 18.9 Å². The summed E-state index contributed by atoms with van der Waals surface area (Å²) in [5.41, 5.74) is 6.55. The molecule has 7 N–H and O–H groups in total. The van der Waals surface area contributed by atoms with Gasteiger partial charge in [-0.1, -0.05) is 12.1 Å². The monoisotopic (exact) mass is 440 g/mol. The number of phenolic OH excluding ortho intramolecular Hbond substituents is 1. The highest BCUT2D eigenvalue weighted by Crippen LogP contribution is 2.12. The van der Waals surface area contributed by atoms with Gasteiger partial charge >= 0.3 is 5.97 Å². The maximum atomic E-state index is 12.7. The van der Waals surface area contributed by atoms with Crippen molar-refractivity contribution in [2.24, 2.45) is 5.73 Å². The van der Waals surface area contributed by atoms with E-state index in [0.29, 0.717) is 17.7 Å². The minimum Gasteiger partial charge on any atom is -0.508 e. The van der Waals surface area contributed by atoms with E-state index in [1.807, 2.05) is 6.26 Å². The van der Waals surface area contributed by atoms with Crippen LogP contribution in [-0.2, 0) is 25.6 Å². The van der Waals surface area contributed by atoms with Gasteiger partial charge in [0.2, 0.25) is 17.7 Å². The van der Waals surface area contributed by atoms with Gasteiger partial charge in [0, 0.05) is 6.42 Å². The third-order valence-corrected chi connectivity index (χ3v) is 4.79. The van der Waals surface area contributed by atoms with Crippen molar-refractivity contribution in [1.82, 2.24) is 16.0 Å². The fourth-order valence-electron chi connectivity index (χ4n) is 2.43. The second kappa shape index (κ2) is 12.7. The van der Waals surface area contributed by atoms with Crippen molar-refractivity contribution in [2.45, 2.75) is 37.9 Å². The van der Waals surface area contributed by atoms with E-state index in [0.717, 1.165) is 0 Å². The van der Waals surface area contributed by atoms with E-state index >= 15 is 0 Å². The van der Waals surface area contributed by atoms with Gasteiger partial charge in [0.15, 0.2) is 0 Å². The minimum absolute atomic E-state index is 0.0617. The summed E-state index contributed by atoms with van der Waals surface area (Å²) in [7, 11) is 0. The van der Waals surface area contributed by atoms with E-state index in [-0.39, 0.29) is 12.2 Å². The van der Waals surface area contributed by atoms with Crippen LogP contribution in [-0.4, -0.2) is 70.6 Å². The molecule has 0 heterocycles. The zero-order chi connectivity index (χ0) is 22.7. The second-order valence-electron chi connectivity index (χ2n) is 6.66. The molecule has 30 heavy (non-hydrogen) atoms. The molecule has 0 saturated heterocycles. The van der Waals surface area contributed by atoms with Crippen LogP contribution in [0.15, 0.2) is 24.3 Å². The van der Waals surface area contributed by atoms with Gasteiger partial charge in [-0.3, -0.25) is 19.2 Å². The maximum absolute atomic E-state index is 12.7. The van der Waals surface area contributed by atoms with Gasteiger partial charge in [-0.2, -0.15) is 11.8 Å². The molecule has 0 aliphatic carbocycles. The van der Waals surface area contributed by atoms with Crippen molar-refractivity contribution in [1.29, 1.82) is 0 Å². The Balaban J connectivity index is 2.85. The molecule has 1 rings (SSSR count). The first kappa shape index (κ1) is 25.2. The van der Waals surface area contributed by atoms with Gasteiger partial charge in [-0.05, 0) is 43.0 Å². The summed E-state index contributed by atoms with van der Waals surface area (Å²) >= 11 is 1.55. The van der Waals surface area contributed by atoms with Crippen molar-refractivity contribution in [3.63, 3.8) is 0 Å². The zero-order valence-electron chi connectivity index (χ0n) is 16.9. The van der Waals surface area contributed by atoms with E-state index in [1.54, 1.807) is 23.9 Å². The number of amides is 3. The highest BCUT2D eigenvalue weighted by Gasteiger charge is 2.26. The van der Waals surface area contributed by atoms with Crippen molar-refractivity contribution in [3.8, 4) is 5.75 Å². The number of nitrogens with one attached hydrogen (secondary N) is 3. The molecule has 0 aromatic heterocycles. The number of benzene rings is 1. The molecule has 10 nitrogen and oxygen atoms in total. The molecular weight excluding hydrogens is 412 g/mol. The van der Waals surface area contributed by atoms with Crippen LogP contribution in [0.5, 0.6) is 5.75 Å². The Bertz CT molecular complexity index is 743. The zero-order valence-corrected chi connectivity index (χ0v) is 17.7. The van der Waals surface area contributed by atoms with Crippen LogP contribution < -0.4 is 21.7 Å². The van der Waals surface area contributed by atoms with E-state index in [4.69, 9.17) is 10.8 Å². The molecule has 0 aliphatic heterocycles. The Morgan fingerprint density at radius 1 is 1.07 bits per heavy atom. The number of carboxylic acids is 1. The van der Waals surface area contributed by atoms with Crippen molar-refractivity contribution < 1.29 is 29.4 Å². The van der Waals surface area contributed by atoms with Gasteiger partial charge in [-0.15, -0.1) is 0 Å². The quantitative estimate of drug-likeness (QED) is 0.245. The van der Waals surface area contributed by atoms with Crippen LogP contribution in [0.4, 0.5) is 0 Å². The summed E-state index contributed by atoms with van der Waals surface area (Å²) in [6, 6.07) is 3.31. The average Bonchev–Trinajstić information content (AvgIpc) is 2.70. The van der Waals surface area contributed by atoms with Crippen molar-refractivity contribution in [2.75, 3.05) is 18.6 Å². The number of carbonyl (C=O) groups is 4. The molecule has 11 heteroatoms. The first-order chi connectivity index (χ1) is 14.1. The van der Waals surface area contributed by atoms with Crippen LogP contribution >= 0.6 is 11.8 Å². The molecule has 0 radical (unpaired) electrons. The normalized spacial score (nSPS) is 13.6. The third kappa shape index (κ3) is 9.14. The smallest absolute Gasteiger partial charge is 0.322 e. The topological polar surface area (TPSA) is 171 Å². The molecule has 0 fully saturated rings. The molecule has 0 aliphatic rings. The third-order valence-electron chi connectivity index (χ3n) is 4.14. The van der Waals surface area contributed by atoms with Crippen LogP contribution in [0, 0.1) is 0 Å². The Kier molecular flexibility index (Phi) is 10.7. The Morgan fingerprint density at radius 2 is 1.70 bits per heavy atom. The molecular formula is C19H28N4O6S. The Labute approximate surface area is 179 Å². The summed E-state index contributed by atoms with van der Waals surface area (Å²) < 4.78 is 0. The molecule has 0 saturated carbocycles. The molecule has 1 aromatic carbocycles. The standard InChI is InChI=1S/C19H28N4O6S/c1-11(17(27)21-10-16(25)26)22-19(29)15(9-12-3-5-13(24)6-4-12)23-18(28)14(20)7-8-30-2/h3-6,11,14-15,24H,7-10,20H2,1-2H3,(H,21,27)(H,22,29)(H,23,28)(H,25,26). The summed E-state index contributed by atoms with van der Waals surface area (Å²) in [6.07, 6.45) is 2.44. The fourth-order valence-corrected chi connectivity index (χ4v) is 2.92. The first-order valence-electron chi connectivity index (χ1n) is 9.26. The van der Waals surface area contributed by atoms with Gasteiger partial charge in [0.05, 0.1) is 6.04 Å². The fraction of sp³-hybridized carbons (Fsp3) is 0.474. The number of carboxylic acid groups (broad SMARTS) is 1. The van der Waals surface area contributed by atoms with Crippen molar-refractivity contribution in [3.05, 3.63) is 29.8 Å². The summed E-state index contributed by atoms with van der Waals surface area (Å²) in [6.45, 7) is 0.829. The Hall–Kier alpha value is -2.79. The number of hydrogen-bond acceptors (Lipinski definition) is 7. The number of aliphatic carboxylic acids is 1. The maximum Gasteiger partial charge on any atom is 0.322 e. The number of carbonyl (C=O) groups excluding carboxylic acids is 3. The molecule has 0 spiro atoms. The number of phenols is 1. The summed E-state index contributed by atoms with van der Waals surface area (Å²) in [5, 5.41) is 25.3. The van der Waals surface area contributed by atoms with Gasteiger partial charge in [-0.25, -0.2) is 0 Å². The highest BCUT2D eigenvalue weighted by molar-refractivity contribution is 7.98. The van der Waals surface area contributed by atoms with Crippen LogP contribution in [0.25, 0.3) is 0 Å². The number of nitrogens with two attached hydrogens (primary N) is 1. The number of thioether (sulfide) groups is 1. The molecule has 3 unspecified atom stereocenters. The minimum atomic E-state index is -1.21. The van der Waals surface area contributed by atoms with Crippen LogP contribution in [0.3, 0.4) is 0 Å². The van der Waals surface area contributed by atoms with Crippen LogP contribution in [0.2, 0.25) is 0 Å². The molecule has 0 bridgehead atoms. The molecule has 166 valence electrons. The number of hydrogen-bond donors (Lipinski definition) is 6. The molecule has 3 amide bonds. The van der Waals surface area contributed by atoms with Gasteiger partial charge in [0.25, 0.3) is 0 Å². The predicted octanol–water partition coefficient (Wildman–Crippen LogP) is -0.795. The molecule has 1 aromatic rings. The number of rotatable bonds is 12. The van der Waals surface area contributed by atoms with E-state index in [1.165, 1.54) is 19.1 Å². The predicted molar refractivity (Wildman–Crippen MR) is 113 cm³/mol. The van der Waals surface area contributed by atoms with E-state index in [9.17, 15) is 24.3 Å². The number of aromatic hydroxyl groups is 1. The van der Waals surface area contributed by atoms with Crippen molar-refractivity contribution >= 4 is 35.5 Å². The lowest BCUT2D eigenvalue weighted by Crippen LogP contribution is -2.56. The summed E-state index contributed by atoms with van der Waals surface area (Å²) in [5.74, 6) is -2.25. The van der Waals surface area contributed by atoms with Gasteiger partial charge in [0.1, 0.15) is 24.4 Å². The second-order valence-corrected chi connectivity index (χ2v) is 7.65. The first-order valence-corrected chi connectivity index (χ1v) is 10.7. The van der Waals surface area contributed by atoms with Gasteiger partial charge < -0.3 is 31.9 Å². The largest absolute Gasteiger partial charge is 0.508 e. The van der Waals surface area contributed by atoms with E-state index < -0.39 is 48.4 Å². The SMILES string of the molecule is CSCCC(N)C(=O)NC(Cc1ccc(O)cc1)C(=O)NC(C)C(=O)NCC(=O)O. The lowest BCUT2D eigenvalue weighted by Gasteiger charge is -2.22. The highest BCUT2D eigenvalue weighted by atomic mass is 32.2. The average molecular weight is 441 g/mol.